The van der Waals surface area contributed by atoms with Crippen molar-refractivity contribution in [1.82, 2.24) is 9.80 Å². The van der Waals surface area contributed by atoms with E-state index in [0.717, 1.165) is 5.56 Å². The molecule has 42 heavy (non-hydrogen) atoms. The molecule has 0 bridgehead atoms. The number of thiocarbonyl (C=S) groups is 1. The van der Waals surface area contributed by atoms with Gasteiger partial charge in [-0.15, -0.1) is 0 Å². The smallest absolute Gasteiger partial charge is 0.317 e. The molecule has 1 heterocycles. The average Bonchev–Trinajstić information content (AvgIpc) is 2.92. The molecular weight excluding hydrogens is 570 g/mol. The molecule has 0 spiro atoms. The second kappa shape index (κ2) is 17.3. The average molecular weight is 608 g/mol. The van der Waals surface area contributed by atoms with Gasteiger partial charge in [0, 0.05) is 44.4 Å². The molecular formula is C28H37N3O10S. The van der Waals surface area contributed by atoms with Crippen LogP contribution in [0.4, 0.5) is 5.69 Å². The van der Waals surface area contributed by atoms with E-state index in [4.69, 9.17) is 0 Å². The highest BCUT2D eigenvalue weighted by atomic mass is 32.1. The molecule has 0 aromatic heterocycles. The van der Waals surface area contributed by atoms with Crippen LogP contribution in [0, 0.1) is 11.8 Å². The third-order valence-corrected chi connectivity index (χ3v) is 7.57. The lowest BCUT2D eigenvalue weighted by atomic mass is 9.84. The van der Waals surface area contributed by atoms with E-state index in [-0.39, 0.29) is 70.7 Å². The van der Waals surface area contributed by atoms with Gasteiger partial charge in [-0.2, -0.15) is 4.99 Å². The van der Waals surface area contributed by atoms with Gasteiger partial charge in [-0.05, 0) is 73.9 Å². The highest BCUT2D eigenvalue weighted by molar-refractivity contribution is 7.78. The summed E-state index contributed by atoms with van der Waals surface area (Å²) in [5.74, 6) is -6.68. The second-order valence-electron chi connectivity index (χ2n) is 10.7. The summed E-state index contributed by atoms with van der Waals surface area (Å²) in [6.07, 6.45) is 0.507. The monoisotopic (exact) mass is 607 g/mol. The number of nitrogens with zero attached hydrogens (tertiary/aromatic N) is 3. The Balaban J connectivity index is 2.43. The van der Waals surface area contributed by atoms with Gasteiger partial charge >= 0.3 is 29.8 Å². The maximum Gasteiger partial charge on any atom is 0.317 e. The summed E-state index contributed by atoms with van der Waals surface area (Å²) < 4.78 is 0. The number of hydrogen-bond donors (Lipinski definition) is 5. The van der Waals surface area contributed by atoms with E-state index in [0.29, 0.717) is 18.5 Å². The van der Waals surface area contributed by atoms with E-state index < -0.39 is 47.7 Å². The summed E-state index contributed by atoms with van der Waals surface area (Å²) >= 11 is 4.64. The van der Waals surface area contributed by atoms with Crippen molar-refractivity contribution in [3.05, 3.63) is 29.8 Å². The number of carboxylic acid groups (broad SMARTS) is 5. The minimum Gasteiger partial charge on any atom is -0.481 e. The summed E-state index contributed by atoms with van der Waals surface area (Å²) in [5, 5.41) is 49.8. The van der Waals surface area contributed by atoms with Gasteiger partial charge in [-0.1, -0.05) is 12.1 Å². The zero-order chi connectivity index (χ0) is 31.2. The van der Waals surface area contributed by atoms with Gasteiger partial charge in [0.1, 0.15) is 0 Å². The normalized spacial score (nSPS) is 20.1. The van der Waals surface area contributed by atoms with Crippen molar-refractivity contribution in [3.63, 3.8) is 0 Å². The van der Waals surface area contributed by atoms with Crippen LogP contribution in [-0.2, 0) is 30.4 Å². The van der Waals surface area contributed by atoms with Crippen molar-refractivity contribution in [2.45, 2.75) is 63.5 Å². The quantitative estimate of drug-likeness (QED) is 0.136. The van der Waals surface area contributed by atoms with Crippen LogP contribution >= 0.6 is 12.2 Å². The van der Waals surface area contributed by atoms with Crippen molar-refractivity contribution in [1.29, 1.82) is 0 Å². The predicted molar refractivity (Wildman–Crippen MR) is 153 cm³/mol. The van der Waals surface area contributed by atoms with Gasteiger partial charge in [0.15, 0.2) is 0 Å². The van der Waals surface area contributed by atoms with E-state index in [1.54, 1.807) is 21.9 Å². The first-order chi connectivity index (χ1) is 19.9. The van der Waals surface area contributed by atoms with Gasteiger partial charge in [0.2, 0.25) is 0 Å². The van der Waals surface area contributed by atoms with E-state index in [2.05, 4.69) is 22.4 Å². The summed E-state index contributed by atoms with van der Waals surface area (Å²) in [5.41, 5.74) is 1.47. The Kier molecular flexibility index (Phi) is 14.2. The lowest BCUT2D eigenvalue weighted by molar-refractivity contribution is -0.141. The van der Waals surface area contributed by atoms with Crippen LogP contribution in [0.1, 0.15) is 50.5 Å². The van der Waals surface area contributed by atoms with Crippen molar-refractivity contribution in [2.75, 3.05) is 26.2 Å². The van der Waals surface area contributed by atoms with Crippen LogP contribution in [0.3, 0.4) is 0 Å². The molecule has 0 amide bonds. The van der Waals surface area contributed by atoms with Gasteiger partial charge in [-0.3, -0.25) is 33.8 Å². The largest absolute Gasteiger partial charge is 0.481 e. The van der Waals surface area contributed by atoms with Crippen LogP contribution in [0.5, 0.6) is 0 Å². The number of isothiocyanates is 1. The zero-order valence-electron chi connectivity index (χ0n) is 23.1. The molecule has 1 aromatic carbocycles. The first-order valence-electron chi connectivity index (χ1n) is 13.6. The fraction of sp³-hybridized carbons (Fsp3) is 0.571. The van der Waals surface area contributed by atoms with Crippen molar-refractivity contribution in [3.8, 4) is 0 Å². The van der Waals surface area contributed by atoms with Crippen molar-refractivity contribution in [2.24, 2.45) is 16.8 Å². The second-order valence-corrected chi connectivity index (χ2v) is 10.9. The van der Waals surface area contributed by atoms with E-state index >= 15 is 0 Å². The molecule has 1 aromatic rings. The highest BCUT2D eigenvalue weighted by Crippen LogP contribution is 2.30. The van der Waals surface area contributed by atoms with Gasteiger partial charge < -0.3 is 25.5 Å². The van der Waals surface area contributed by atoms with Crippen LogP contribution in [0.15, 0.2) is 29.3 Å². The van der Waals surface area contributed by atoms with Crippen LogP contribution in [-0.4, -0.2) is 109 Å². The molecule has 2 rings (SSSR count). The lowest BCUT2D eigenvalue weighted by Crippen LogP contribution is -2.46. The minimum absolute atomic E-state index is 0.172. The summed E-state index contributed by atoms with van der Waals surface area (Å²) in [6, 6.07) is 6.29. The molecule has 1 aliphatic heterocycles. The third kappa shape index (κ3) is 12.9. The molecule has 5 N–H and O–H groups in total. The third-order valence-electron chi connectivity index (χ3n) is 7.48. The van der Waals surface area contributed by atoms with E-state index in [1.165, 1.54) is 0 Å². The Hall–Kier alpha value is -3.71. The predicted octanol–water partition coefficient (Wildman–Crippen LogP) is 2.70. The fourth-order valence-corrected chi connectivity index (χ4v) is 5.81. The van der Waals surface area contributed by atoms with Gasteiger partial charge in [-0.25, -0.2) is 0 Å². The van der Waals surface area contributed by atoms with Crippen LogP contribution in [0.25, 0.3) is 0 Å². The van der Waals surface area contributed by atoms with E-state index in [1.807, 2.05) is 12.1 Å². The number of aliphatic carboxylic acids is 5. The Morgan fingerprint density at radius 3 is 1.81 bits per heavy atom. The number of hydrogen-bond acceptors (Lipinski definition) is 9. The first-order valence-corrected chi connectivity index (χ1v) is 14.0. The molecule has 0 radical (unpaired) electrons. The number of rotatable bonds is 16. The zero-order valence-corrected chi connectivity index (χ0v) is 23.9. The molecule has 14 heteroatoms. The first kappa shape index (κ1) is 34.5. The highest BCUT2D eigenvalue weighted by Gasteiger charge is 2.33. The summed E-state index contributed by atoms with van der Waals surface area (Å²) in [6.45, 7) is -0.351. The number of aliphatic imine (C=N–C) groups is 1. The molecule has 0 aliphatic carbocycles. The molecule has 1 saturated heterocycles. The Morgan fingerprint density at radius 2 is 1.33 bits per heavy atom. The number of carbonyl (C=O) groups is 5. The van der Waals surface area contributed by atoms with Crippen LogP contribution in [0.2, 0.25) is 0 Å². The number of benzene rings is 1. The molecule has 230 valence electrons. The molecule has 1 aliphatic rings. The number of carboxylic acids is 5. The molecule has 3 atom stereocenters. The Bertz CT molecular complexity index is 1140. The molecule has 0 saturated carbocycles. The van der Waals surface area contributed by atoms with Gasteiger partial charge in [0.25, 0.3) is 0 Å². The topological polar surface area (TPSA) is 205 Å². The van der Waals surface area contributed by atoms with E-state index in [9.17, 15) is 49.5 Å². The maximum absolute atomic E-state index is 11.9. The molecule has 3 unspecified atom stereocenters. The SMILES string of the molecule is O=C(O)CC(CCC1CC(CC(=O)O)CC(Cc2ccc(N=C=S)cc2)N(CC(=O)O)CCN1CC(=O)O)CC(=O)O. The standard InChI is InChI=1S/C28H37N3O10S/c32-24(33)12-19(13-25(34)35)3-6-22-10-20(14-26(36)37)11-23(9-18-1-4-21(5-2-18)29-17-42)31(16-28(40)41)8-7-30(22)15-27(38)39/h1-2,4-5,19-20,22-23H,3,6-16H2,(H,32,33)(H,34,35)(H,36,37)(H,38,39)(H,40,41). The Labute approximate surface area is 248 Å². The summed E-state index contributed by atoms with van der Waals surface area (Å²) in [7, 11) is 0. The molecule has 1 fully saturated rings. The van der Waals surface area contributed by atoms with Gasteiger partial charge in [0.05, 0.1) is 23.9 Å². The minimum atomic E-state index is -1.14. The van der Waals surface area contributed by atoms with Crippen LogP contribution < -0.4 is 0 Å². The maximum atomic E-state index is 11.9. The Morgan fingerprint density at radius 1 is 0.810 bits per heavy atom. The molecule has 13 nitrogen and oxygen atoms in total. The van der Waals surface area contributed by atoms with Crippen molar-refractivity contribution >= 4 is 52.9 Å². The van der Waals surface area contributed by atoms with Crippen molar-refractivity contribution < 1.29 is 49.5 Å². The summed E-state index contributed by atoms with van der Waals surface area (Å²) in [4.78, 5) is 65.5. The lowest BCUT2D eigenvalue weighted by Gasteiger charge is -2.33. The fourth-order valence-electron chi connectivity index (χ4n) is 5.71.